The van der Waals surface area contributed by atoms with Crippen molar-refractivity contribution >= 4 is 10.9 Å². The fraction of sp³-hybridized carbons (Fsp3) is 0.227. The van der Waals surface area contributed by atoms with E-state index in [0.717, 1.165) is 40.7 Å². The van der Waals surface area contributed by atoms with E-state index in [9.17, 15) is 5.11 Å². The summed E-state index contributed by atoms with van der Waals surface area (Å²) in [7, 11) is 0. The highest BCUT2D eigenvalue weighted by Crippen LogP contribution is 2.25. The Kier molecular flexibility index (Phi) is 5.14. The van der Waals surface area contributed by atoms with Gasteiger partial charge in [0, 0.05) is 23.2 Å². The van der Waals surface area contributed by atoms with Crippen molar-refractivity contribution in [1.29, 1.82) is 0 Å². The van der Waals surface area contributed by atoms with Crippen molar-refractivity contribution in [3.05, 3.63) is 72.2 Å². The van der Waals surface area contributed by atoms with Gasteiger partial charge in [-0.05, 0) is 36.8 Å². The van der Waals surface area contributed by atoms with Crippen LogP contribution in [0.3, 0.4) is 0 Å². The molecule has 3 N–H and O–H groups in total. The summed E-state index contributed by atoms with van der Waals surface area (Å²) in [4.78, 5) is 9.17. The van der Waals surface area contributed by atoms with Gasteiger partial charge in [-0.15, -0.1) is 0 Å². The van der Waals surface area contributed by atoms with E-state index in [0.29, 0.717) is 11.5 Å². The van der Waals surface area contributed by atoms with Crippen LogP contribution < -0.4 is 5.73 Å². The predicted molar refractivity (Wildman–Crippen MR) is 110 cm³/mol. The zero-order valence-electron chi connectivity index (χ0n) is 15.8. The van der Waals surface area contributed by atoms with Gasteiger partial charge in [-0.2, -0.15) is 5.10 Å². The topological polar surface area (TPSA) is 89.8 Å². The lowest BCUT2D eigenvalue weighted by Crippen LogP contribution is -2.11. The van der Waals surface area contributed by atoms with Gasteiger partial charge in [0.1, 0.15) is 0 Å². The van der Waals surface area contributed by atoms with Crippen molar-refractivity contribution in [2.75, 3.05) is 0 Å². The standard InChI is InChI=1S/C22H23N5O/c1-2-5-18(23)20-8-4-7-19(25-20)15-10-11-16-13-27(26-21(16)12-15)22-9-3-6-17(14-28)24-22/h3-4,6-13,18,28H,2,5,14,23H2,1H3/t18-/m1/s1. The Labute approximate surface area is 163 Å². The molecule has 142 valence electrons. The molecule has 28 heavy (non-hydrogen) atoms. The normalized spacial score (nSPS) is 12.4. The molecule has 0 spiro atoms. The molecular formula is C22H23N5O. The molecule has 0 radical (unpaired) electrons. The summed E-state index contributed by atoms with van der Waals surface area (Å²) in [6, 6.07) is 17.5. The molecule has 0 fully saturated rings. The Morgan fingerprint density at radius 3 is 2.75 bits per heavy atom. The first-order valence-electron chi connectivity index (χ1n) is 9.47. The molecule has 0 unspecified atom stereocenters. The second kappa shape index (κ2) is 7.88. The second-order valence-electron chi connectivity index (χ2n) is 6.84. The highest BCUT2D eigenvalue weighted by Gasteiger charge is 2.10. The summed E-state index contributed by atoms with van der Waals surface area (Å²) < 4.78 is 1.73. The smallest absolute Gasteiger partial charge is 0.153 e. The highest BCUT2D eigenvalue weighted by molar-refractivity contribution is 5.83. The Morgan fingerprint density at radius 1 is 1.07 bits per heavy atom. The second-order valence-corrected chi connectivity index (χ2v) is 6.84. The first kappa shape index (κ1) is 18.3. The number of aliphatic hydroxyl groups excluding tert-OH is 1. The fourth-order valence-electron chi connectivity index (χ4n) is 3.25. The van der Waals surface area contributed by atoms with E-state index in [4.69, 9.17) is 10.7 Å². The molecule has 4 aromatic rings. The monoisotopic (exact) mass is 373 g/mol. The van der Waals surface area contributed by atoms with E-state index < -0.39 is 0 Å². The highest BCUT2D eigenvalue weighted by atomic mass is 16.3. The first-order chi connectivity index (χ1) is 13.7. The minimum atomic E-state index is -0.0963. The third kappa shape index (κ3) is 3.65. The number of nitrogens with two attached hydrogens (primary N) is 1. The van der Waals surface area contributed by atoms with Gasteiger partial charge in [0.15, 0.2) is 5.82 Å². The molecule has 1 atom stereocenters. The maximum Gasteiger partial charge on any atom is 0.153 e. The average Bonchev–Trinajstić information content (AvgIpc) is 3.17. The lowest BCUT2D eigenvalue weighted by atomic mass is 10.1. The number of hydrogen-bond donors (Lipinski definition) is 2. The number of nitrogens with zero attached hydrogens (tertiary/aromatic N) is 4. The van der Waals surface area contributed by atoms with E-state index in [2.05, 4.69) is 17.0 Å². The van der Waals surface area contributed by atoms with Crippen molar-refractivity contribution < 1.29 is 5.11 Å². The zero-order chi connectivity index (χ0) is 19.5. The van der Waals surface area contributed by atoms with E-state index in [1.54, 1.807) is 10.7 Å². The number of aliphatic hydroxyl groups is 1. The molecule has 3 heterocycles. The zero-order valence-corrected chi connectivity index (χ0v) is 15.8. The summed E-state index contributed by atoms with van der Waals surface area (Å²) in [6.07, 6.45) is 3.88. The van der Waals surface area contributed by atoms with Crippen LogP contribution in [0.15, 0.2) is 60.8 Å². The molecule has 3 aromatic heterocycles. The van der Waals surface area contributed by atoms with Crippen LogP contribution in [0.25, 0.3) is 28.0 Å². The van der Waals surface area contributed by atoms with Crippen LogP contribution in [-0.2, 0) is 6.61 Å². The number of pyridine rings is 2. The molecule has 0 aliphatic carbocycles. The number of fused-ring (bicyclic) bond motifs is 1. The maximum absolute atomic E-state index is 9.30. The van der Waals surface area contributed by atoms with Crippen LogP contribution in [0.5, 0.6) is 0 Å². The van der Waals surface area contributed by atoms with Gasteiger partial charge in [-0.25, -0.2) is 9.67 Å². The number of rotatable bonds is 6. The summed E-state index contributed by atoms with van der Waals surface area (Å²) in [5.41, 5.74) is 10.5. The van der Waals surface area contributed by atoms with Gasteiger partial charge in [-0.3, -0.25) is 4.98 Å². The molecule has 0 amide bonds. The van der Waals surface area contributed by atoms with Crippen LogP contribution in [-0.4, -0.2) is 24.9 Å². The van der Waals surface area contributed by atoms with Crippen molar-refractivity contribution in [2.24, 2.45) is 5.73 Å². The molecule has 0 aliphatic heterocycles. The lowest BCUT2D eigenvalue weighted by Gasteiger charge is -2.11. The number of benzene rings is 1. The third-order valence-corrected chi connectivity index (χ3v) is 4.74. The lowest BCUT2D eigenvalue weighted by molar-refractivity contribution is 0.276. The maximum atomic E-state index is 9.30. The minimum absolute atomic E-state index is 0.0437. The molecular weight excluding hydrogens is 350 g/mol. The van der Waals surface area contributed by atoms with E-state index >= 15 is 0 Å². The largest absolute Gasteiger partial charge is 0.390 e. The fourth-order valence-corrected chi connectivity index (χ4v) is 3.25. The molecule has 0 saturated carbocycles. The van der Waals surface area contributed by atoms with Crippen LogP contribution >= 0.6 is 0 Å². The molecule has 6 nitrogen and oxygen atoms in total. The Bertz CT molecular complexity index is 1100. The molecule has 6 heteroatoms. The molecule has 4 rings (SSSR count). The number of aromatic nitrogens is 4. The van der Waals surface area contributed by atoms with E-state index in [-0.39, 0.29) is 12.6 Å². The van der Waals surface area contributed by atoms with Crippen molar-refractivity contribution in [3.63, 3.8) is 0 Å². The van der Waals surface area contributed by atoms with Gasteiger partial charge in [0.2, 0.25) is 0 Å². The van der Waals surface area contributed by atoms with E-state index in [1.807, 2.05) is 54.7 Å². The molecule has 0 aliphatic rings. The Balaban J connectivity index is 1.69. The quantitative estimate of drug-likeness (QED) is 0.537. The molecule has 1 aromatic carbocycles. The predicted octanol–water partition coefficient (Wildman–Crippen LogP) is 3.77. The number of hydrogen-bond acceptors (Lipinski definition) is 5. The van der Waals surface area contributed by atoms with Crippen LogP contribution in [0, 0.1) is 0 Å². The minimum Gasteiger partial charge on any atom is -0.390 e. The average molecular weight is 373 g/mol. The summed E-state index contributed by atoms with van der Waals surface area (Å²) >= 11 is 0. The van der Waals surface area contributed by atoms with Crippen molar-refractivity contribution in [3.8, 4) is 17.1 Å². The van der Waals surface area contributed by atoms with Crippen LogP contribution in [0.1, 0.15) is 37.2 Å². The third-order valence-electron chi connectivity index (χ3n) is 4.74. The molecule has 0 bridgehead atoms. The van der Waals surface area contributed by atoms with Gasteiger partial charge in [-0.1, -0.05) is 37.6 Å². The molecule has 0 saturated heterocycles. The summed E-state index contributed by atoms with van der Waals surface area (Å²) in [5.74, 6) is 0.676. The SMILES string of the molecule is CCC[C@@H](N)c1cccc(-c2ccc3cn(-c4cccc(CO)n4)nc3c2)n1. The van der Waals surface area contributed by atoms with E-state index in [1.165, 1.54) is 0 Å². The van der Waals surface area contributed by atoms with Gasteiger partial charge in [0.25, 0.3) is 0 Å². The summed E-state index contributed by atoms with van der Waals surface area (Å²) in [6.45, 7) is 2.03. The van der Waals surface area contributed by atoms with Crippen molar-refractivity contribution in [2.45, 2.75) is 32.4 Å². The van der Waals surface area contributed by atoms with Crippen molar-refractivity contribution in [1.82, 2.24) is 19.7 Å². The Hall–Kier alpha value is -3.09. The summed E-state index contributed by atoms with van der Waals surface area (Å²) in [5, 5.41) is 15.0. The van der Waals surface area contributed by atoms with Gasteiger partial charge < -0.3 is 10.8 Å². The van der Waals surface area contributed by atoms with Gasteiger partial charge in [0.05, 0.1) is 29.2 Å². The van der Waals surface area contributed by atoms with Crippen LogP contribution in [0.2, 0.25) is 0 Å². The van der Waals surface area contributed by atoms with Crippen LogP contribution in [0.4, 0.5) is 0 Å². The first-order valence-corrected chi connectivity index (χ1v) is 9.47. The van der Waals surface area contributed by atoms with Gasteiger partial charge >= 0.3 is 0 Å². The Morgan fingerprint density at radius 2 is 1.93 bits per heavy atom.